The van der Waals surface area contributed by atoms with Gasteiger partial charge in [-0.3, -0.25) is 0 Å². The van der Waals surface area contributed by atoms with Crippen LogP contribution < -0.4 is 0 Å². The Bertz CT molecular complexity index is 152. The first-order valence-corrected chi connectivity index (χ1v) is 3.93. The van der Waals surface area contributed by atoms with E-state index in [1.54, 1.807) is 0 Å². The Balaban J connectivity index is 3.94. The van der Waals surface area contributed by atoms with Gasteiger partial charge in [0.15, 0.2) is 6.10 Å². The second-order valence-corrected chi connectivity index (χ2v) is 2.82. The standard InChI is InChI=1S/C9H16O3/c1-5-6-12-9(10)8(11-4)7(2)3/h5,7-8H,1,6H2,2-4H3. The summed E-state index contributed by atoms with van der Waals surface area (Å²) in [6.45, 7) is 7.50. The fraction of sp³-hybridized carbons (Fsp3) is 0.667. The summed E-state index contributed by atoms with van der Waals surface area (Å²) in [5, 5.41) is 0. The Morgan fingerprint density at radius 2 is 2.17 bits per heavy atom. The minimum Gasteiger partial charge on any atom is -0.460 e. The molecule has 0 rings (SSSR count). The van der Waals surface area contributed by atoms with Crippen LogP contribution in [-0.4, -0.2) is 25.8 Å². The number of carbonyl (C=O) groups excluding carboxylic acids is 1. The van der Waals surface area contributed by atoms with Gasteiger partial charge in [-0.05, 0) is 5.92 Å². The Morgan fingerprint density at radius 1 is 1.58 bits per heavy atom. The molecule has 3 nitrogen and oxygen atoms in total. The van der Waals surface area contributed by atoms with Gasteiger partial charge in [0.1, 0.15) is 6.61 Å². The summed E-state index contributed by atoms with van der Waals surface area (Å²) in [6.07, 6.45) is 1.07. The highest BCUT2D eigenvalue weighted by molar-refractivity contribution is 5.75. The second-order valence-electron chi connectivity index (χ2n) is 2.82. The van der Waals surface area contributed by atoms with Crippen LogP contribution in [0.2, 0.25) is 0 Å². The number of esters is 1. The summed E-state index contributed by atoms with van der Waals surface area (Å²) in [5.74, 6) is -0.195. The highest BCUT2D eigenvalue weighted by Crippen LogP contribution is 2.07. The van der Waals surface area contributed by atoms with E-state index < -0.39 is 6.10 Å². The van der Waals surface area contributed by atoms with E-state index in [0.29, 0.717) is 0 Å². The third-order valence-corrected chi connectivity index (χ3v) is 1.44. The van der Waals surface area contributed by atoms with Crippen LogP contribution in [0.4, 0.5) is 0 Å². The van der Waals surface area contributed by atoms with E-state index in [4.69, 9.17) is 9.47 Å². The van der Waals surface area contributed by atoms with Crippen molar-refractivity contribution in [1.29, 1.82) is 0 Å². The first-order chi connectivity index (χ1) is 5.63. The van der Waals surface area contributed by atoms with Gasteiger partial charge in [0, 0.05) is 7.11 Å². The first-order valence-electron chi connectivity index (χ1n) is 3.93. The zero-order chi connectivity index (χ0) is 9.56. The molecule has 1 atom stereocenters. The van der Waals surface area contributed by atoms with E-state index in [1.165, 1.54) is 13.2 Å². The summed E-state index contributed by atoms with van der Waals surface area (Å²) in [4.78, 5) is 11.2. The third kappa shape index (κ3) is 3.53. The molecule has 0 aromatic heterocycles. The summed E-state index contributed by atoms with van der Waals surface area (Å²) >= 11 is 0. The molecule has 0 aromatic rings. The maximum Gasteiger partial charge on any atom is 0.335 e. The molecule has 0 saturated carbocycles. The minimum atomic E-state index is -0.468. The van der Waals surface area contributed by atoms with Crippen molar-refractivity contribution in [1.82, 2.24) is 0 Å². The SMILES string of the molecule is C=CCOC(=O)C(OC)C(C)C. The summed E-state index contributed by atoms with van der Waals surface area (Å²) in [5.41, 5.74) is 0. The lowest BCUT2D eigenvalue weighted by molar-refractivity contribution is -0.156. The zero-order valence-corrected chi connectivity index (χ0v) is 7.87. The van der Waals surface area contributed by atoms with Gasteiger partial charge in [-0.2, -0.15) is 0 Å². The van der Waals surface area contributed by atoms with Crippen molar-refractivity contribution >= 4 is 5.97 Å². The Labute approximate surface area is 73.4 Å². The summed E-state index contributed by atoms with van der Waals surface area (Å²) in [7, 11) is 1.50. The number of hydrogen-bond acceptors (Lipinski definition) is 3. The minimum absolute atomic E-state index is 0.132. The predicted molar refractivity (Wildman–Crippen MR) is 46.8 cm³/mol. The predicted octanol–water partition coefficient (Wildman–Crippen LogP) is 1.39. The van der Waals surface area contributed by atoms with Crippen LogP contribution in [0.5, 0.6) is 0 Å². The molecule has 0 saturated heterocycles. The number of hydrogen-bond donors (Lipinski definition) is 0. The normalized spacial score (nSPS) is 12.7. The van der Waals surface area contributed by atoms with Gasteiger partial charge in [-0.15, -0.1) is 0 Å². The van der Waals surface area contributed by atoms with Gasteiger partial charge in [-0.1, -0.05) is 26.5 Å². The van der Waals surface area contributed by atoms with E-state index in [9.17, 15) is 4.79 Å². The van der Waals surface area contributed by atoms with Crippen LogP contribution in [-0.2, 0) is 14.3 Å². The first kappa shape index (κ1) is 11.2. The van der Waals surface area contributed by atoms with Crippen molar-refractivity contribution in [2.24, 2.45) is 5.92 Å². The van der Waals surface area contributed by atoms with E-state index >= 15 is 0 Å². The van der Waals surface area contributed by atoms with E-state index in [0.717, 1.165) is 0 Å². The fourth-order valence-corrected chi connectivity index (χ4v) is 0.864. The fourth-order valence-electron chi connectivity index (χ4n) is 0.864. The smallest absolute Gasteiger partial charge is 0.335 e. The van der Waals surface area contributed by atoms with Crippen LogP contribution >= 0.6 is 0 Å². The second kappa shape index (κ2) is 5.77. The summed E-state index contributed by atoms with van der Waals surface area (Å²) in [6, 6.07) is 0. The molecule has 1 unspecified atom stereocenters. The van der Waals surface area contributed by atoms with Gasteiger partial charge in [-0.25, -0.2) is 4.79 Å². The molecule has 70 valence electrons. The highest BCUT2D eigenvalue weighted by Gasteiger charge is 2.22. The molecule has 12 heavy (non-hydrogen) atoms. The Kier molecular flexibility index (Phi) is 5.37. The lowest BCUT2D eigenvalue weighted by Gasteiger charge is -2.16. The van der Waals surface area contributed by atoms with Crippen LogP contribution in [0.25, 0.3) is 0 Å². The topological polar surface area (TPSA) is 35.5 Å². The van der Waals surface area contributed by atoms with E-state index in [1.807, 2.05) is 13.8 Å². The molecule has 0 fully saturated rings. The maximum atomic E-state index is 11.2. The molecule has 3 heteroatoms. The average molecular weight is 172 g/mol. The number of carbonyl (C=O) groups is 1. The molecule has 0 aliphatic heterocycles. The van der Waals surface area contributed by atoms with Crippen LogP contribution in [0.1, 0.15) is 13.8 Å². The molecule has 0 aliphatic carbocycles. The molecule has 0 bridgehead atoms. The van der Waals surface area contributed by atoms with Gasteiger partial charge in [0.05, 0.1) is 0 Å². The monoisotopic (exact) mass is 172 g/mol. The van der Waals surface area contributed by atoms with Crippen molar-refractivity contribution in [3.63, 3.8) is 0 Å². The largest absolute Gasteiger partial charge is 0.460 e. The third-order valence-electron chi connectivity index (χ3n) is 1.44. The van der Waals surface area contributed by atoms with Crippen molar-refractivity contribution < 1.29 is 14.3 Å². The van der Waals surface area contributed by atoms with Crippen LogP contribution in [0.3, 0.4) is 0 Å². The molecule has 0 N–H and O–H groups in total. The molecule has 0 heterocycles. The molecule has 0 aliphatic rings. The molecular weight excluding hydrogens is 156 g/mol. The molecule has 0 amide bonds. The lowest BCUT2D eigenvalue weighted by atomic mass is 10.1. The average Bonchev–Trinajstić information content (AvgIpc) is 2.01. The Hall–Kier alpha value is -0.830. The molecule has 0 spiro atoms. The quantitative estimate of drug-likeness (QED) is 0.464. The van der Waals surface area contributed by atoms with Crippen LogP contribution in [0.15, 0.2) is 12.7 Å². The van der Waals surface area contributed by atoms with Crippen LogP contribution in [0, 0.1) is 5.92 Å². The van der Waals surface area contributed by atoms with E-state index in [-0.39, 0.29) is 18.5 Å². The van der Waals surface area contributed by atoms with Crippen molar-refractivity contribution in [2.45, 2.75) is 20.0 Å². The summed E-state index contributed by atoms with van der Waals surface area (Å²) < 4.78 is 9.79. The number of rotatable bonds is 5. The highest BCUT2D eigenvalue weighted by atomic mass is 16.6. The molecule has 0 radical (unpaired) electrons. The Morgan fingerprint density at radius 3 is 2.50 bits per heavy atom. The zero-order valence-electron chi connectivity index (χ0n) is 7.87. The van der Waals surface area contributed by atoms with Crippen molar-refractivity contribution in [3.05, 3.63) is 12.7 Å². The number of ether oxygens (including phenoxy) is 2. The van der Waals surface area contributed by atoms with Gasteiger partial charge < -0.3 is 9.47 Å². The van der Waals surface area contributed by atoms with Crippen molar-refractivity contribution in [3.8, 4) is 0 Å². The van der Waals surface area contributed by atoms with Gasteiger partial charge in [0.25, 0.3) is 0 Å². The van der Waals surface area contributed by atoms with E-state index in [2.05, 4.69) is 6.58 Å². The molecular formula is C9H16O3. The maximum absolute atomic E-state index is 11.2. The lowest BCUT2D eigenvalue weighted by Crippen LogP contribution is -2.30. The number of methoxy groups -OCH3 is 1. The van der Waals surface area contributed by atoms with Crippen molar-refractivity contribution in [2.75, 3.05) is 13.7 Å². The van der Waals surface area contributed by atoms with Gasteiger partial charge in [0.2, 0.25) is 0 Å². The molecule has 0 aromatic carbocycles. The van der Waals surface area contributed by atoms with Gasteiger partial charge >= 0.3 is 5.97 Å².